The first-order valence-electron chi connectivity index (χ1n) is 11.6. The Balaban J connectivity index is 1.47. The van der Waals surface area contributed by atoms with Crippen LogP contribution in [0.2, 0.25) is 0 Å². The van der Waals surface area contributed by atoms with Crippen LogP contribution in [-0.4, -0.2) is 35.8 Å². The molecule has 2 amide bonds. The van der Waals surface area contributed by atoms with Gasteiger partial charge in [-0.05, 0) is 95.4 Å². The van der Waals surface area contributed by atoms with Crippen molar-refractivity contribution >= 4 is 51.6 Å². The van der Waals surface area contributed by atoms with Crippen LogP contribution in [0.5, 0.6) is 17.2 Å². The standard InChI is InChI=1S/C28H22FIN2O5S/c1-2-35-24-14-18(13-23(30)26(24)37-17-20-6-4-3-5-19(20)16-31)15-25-27(33)32(28(34)38-25)11-12-36-22-9-7-21(29)8-10-22/h3-10,13-15H,2,11-12,17H2,1H3/b25-15-. The molecule has 1 fully saturated rings. The average molecular weight is 644 g/mol. The molecule has 0 aliphatic carbocycles. The molecule has 0 N–H and O–H groups in total. The van der Waals surface area contributed by atoms with Crippen molar-refractivity contribution < 1.29 is 28.2 Å². The molecule has 0 spiro atoms. The molecule has 3 aromatic carbocycles. The fourth-order valence-corrected chi connectivity index (χ4v) is 5.26. The molecule has 0 atom stereocenters. The third kappa shape index (κ3) is 6.65. The molecule has 1 aliphatic heterocycles. The van der Waals surface area contributed by atoms with Crippen molar-refractivity contribution in [3.8, 4) is 23.3 Å². The number of ether oxygens (including phenoxy) is 3. The number of thioether (sulfide) groups is 1. The Labute approximate surface area is 237 Å². The predicted molar refractivity (Wildman–Crippen MR) is 150 cm³/mol. The fraction of sp³-hybridized carbons (Fsp3) is 0.179. The Morgan fingerprint density at radius 1 is 1.08 bits per heavy atom. The normalized spacial score (nSPS) is 14.1. The summed E-state index contributed by atoms with van der Waals surface area (Å²) in [7, 11) is 0. The average Bonchev–Trinajstić information content (AvgIpc) is 3.17. The van der Waals surface area contributed by atoms with Crippen LogP contribution in [-0.2, 0) is 11.4 Å². The number of halogens is 2. The summed E-state index contributed by atoms with van der Waals surface area (Å²) >= 11 is 2.98. The van der Waals surface area contributed by atoms with E-state index in [1.165, 1.54) is 24.3 Å². The minimum Gasteiger partial charge on any atom is -0.492 e. The lowest BCUT2D eigenvalue weighted by Crippen LogP contribution is -2.32. The number of benzene rings is 3. The van der Waals surface area contributed by atoms with E-state index in [4.69, 9.17) is 14.2 Å². The number of carbonyl (C=O) groups is 2. The summed E-state index contributed by atoms with van der Waals surface area (Å²) in [5, 5.41) is 8.95. The first kappa shape index (κ1) is 27.5. The lowest BCUT2D eigenvalue weighted by molar-refractivity contribution is -0.123. The Hall–Kier alpha value is -3.56. The maximum atomic E-state index is 13.0. The quantitative estimate of drug-likeness (QED) is 0.187. The number of hydrogen-bond acceptors (Lipinski definition) is 7. The Morgan fingerprint density at radius 3 is 2.58 bits per heavy atom. The maximum Gasteiger partial charge on any atom is 0.293 e. The second-order valence-corrected chi connectivity index (χ2v) is 10.1. The Bertz CT molecular complexity index is 1420. The van der Waals surface area contributed by atoms with Gasteiger partial charge in [-0.3, -0.25) is 14.5 Å². The van der Waals surface area contributed by atoms with Crippen LogP contribution in [0.3, 0.4) is 0 Å². The molecule has 1 saturated heterocycles. The molecule has 194 valence electrons. The van der Waals surface area contributed by atoms with Gasteiger partial charge in [0.25, 0.3) is 11.1 Å². The lowest BCUT2D eigenvalue weighted by atomic mass is 10.1. The van der Waals surface area contributed by atoms with E-state index in [9.17, 15) is 19.2 Å². The van der Waals surface area contributed by atoms with Crippen LogP contribution in [0.1, 0.15) is 23.6 Å². The molecule has 38 heavy (non-hydrogen) atoms. The fourth-order valence-electron chi connectivity index (χ4n) is 3.61. The summed E-state index contributed by atoms with van der Waals surface area (Å²) in [5.41, 5.74) is 1.97. The highest BCUT2D eigenvalue weighted by molar-refractivity contribution is 14.1. The molecule has 0 saturated carbocycles. The van der Waals surface area contributed by atoms with Gasteiger partial charge in [0.15, 0.2) is 11.5 Å². The van der Waals surface area contributed by atoms with E-state index in [1.807, 2.05) is 25.1 Å². The van der Waals surface area contributed by atoms with Crippen LogP contribution in [0.15, 0.2) is 65.6 Å². The number of rotatable bonds is 10. The molecule has 0 aromatic heterocycles. The van der Waals surface area contributed by atoms with Crippen molar-refractivity contribution in [3.63, 3.8) is 0 Å². The Kier molecular flexibility index (Phi) is 9.25. The highest BCUT2D eigenvalue weighted by atomic mass is 127. The van der Waals surface area contributed by atoms with Crippen LogP contribution in [0.25, 0.3) is 6.08 Å². The van der Waals surface area contributed by atoms with Crippen LogP contribution in [0.4, 0.5) is 9.18 Å². The maximum absolute atomic E-state index is 13.0. The summed E-state index contributed by atoms with van der Waals surface area (Å²) in [6.45, 7) is 2.60. The second kappa shape index (κ2) is 12.8. The topological polar surface area (TPSA) is 88.9 Å². The zero-order chi connectivity index (χ0) is 27.1. The molecule has 0 bridgehead atoms. The van der Waals surface area contributed by atoms with Crippen molar-refractivity contribution in [2.75, 3.05) is 19.8 Å². The van der Waals surface area contributed by atoms with Crippen LogP contribution >= 0.6 is 34.4 Å². The minimum absolute atomic E-state index is 0.0675. The third-order valence-corrected chi connectivity index (χ3v) is 7.12. The van der Waals surface area contributed by atoms with Gasteiger partial charge >= 0.3 is 0 Å². The highest BCUT2D eigenvalue weighted by Crippen LogP contribution is 2.38. The number of nitrogens with zero attached hydrogens (tertiary/aromatic N) is 2. The van der Waals surface area contributed by atoms with Crippen molar-refractivity contribution in [1.82, 2.24) is 4.90 Å². The largest absolute Gasteiger partial charge is 0.492 e. The summed E-state index contributed by atoms with van der Waals surface area (Å²) in [6, 6.07) is 18.5. The van der Waals surface area contributed by atoms with E-state index >= 15 is 0 Å². The van der Waals surface area contributed by atoms with Gasteiger partial charge in [-0.25, -0.2) is 4.39 Å². The van der Waals surface area contributed by atoms with Gasteiger partial charge in [-0.15, -0.1) is 0 Å². The molecular weight excluding hydrogens is 622 g/mol. The lowest BCUT2D eigenvalue weighted by Gasteiger charge is -2.15. The molecule has 0 radical (unpaired) electrons. The SMILES string of the molecule is CCOc1cc(/C=C2\SC(=O)N(CCOc3ccc(F)cc3)C2=O)cc(I)c1OCc1ccccc1C#N. The van der Waals surface area contributed by atoms with E-state index < -0.39 is 5.91 Å². The monoisotopic (exact) mass is 644 g/mol. The van der Waals surface area contributed by atoms with Crippen LogP contribution < -0.4 is 14.2 Å². The number of nitriles is 1. The number of carbonyl (C=O) groups excluding carboxylic acids is 2. The minimum atomic E-state index is -0.413. The van der Waals surface area contributed by atoms with Gasteiger partial charge in [0.05, 0.1) is 33.3 Å². The van der Waals surface area contributed by atoms with Gasteiger partial charge < -0.3 is 14.2 Å². The van der Waals surface area contributed by atoms with E-state index in [-0.39, 0.29) is 35.7 Å². The first-order valence-corrected chi connectivity index (χ1v) is 13.5. The molecule has 4 rings (SSSR count). The molecule has 3 aromatic rings. The molecular formula is C28H22FIN2O5S. The van der Waals surface area contributed by atoms with Gasteiger partial charge in [-0.2, -0.15) is 5.26 Å². The van der Waals surface area contributed by atoms with Gasteiger partial charge in [-0.1, -0.05) is 18.2 Å². The highest BCUT2D eigenvalue weighted by Gasteiger charge is 2.35. The van der Waals surface area contributed by atoms with Gasteiger partial charge in [0, 0.05) is 5.56 Å². The summed E-state index contributed by atoms with van der Waals surface area (Å²) in [5.74, 6) is 0.685. The van der Waals surface area contributed by atoms with Crippen molar-refractivity contribution in [2.24, 2.45) is 0 Å². The first-order chi connectivity index (χ1) is 18.4. The van der Waals surface area contributed by atoms with E-state index in [1.54, 1.807) is 24.3 Å². The number of amides is 2. The van der Waals surface area contributed by atoms with E-state index in [0.717, 1.165) is 25.8 Å². The predicted octanol–water partition coefficient (Wildman–Crippen LogP) is 6.39. The van der Waals surface area contributed by atoms with Crippen LogP contribution in [0, 0.1) is 20.7 Å². The smallest absolute Gasteiger partial charge is 0.293 e. The van der Waals surface area contributed by atoms with Gasteiger partial charge in [0.1, 0.15) is 24.8 Å². The van der Waals surface area contributed by atoms with Crippen molar-refractivity contribution in [2.45, 2.75) is 13.5 Å². The second-order valence-electron chi connectivity index (χ2n) is 7.96. The molecule has 1 heterocycles. The number of hydrogen-bond donors (Lipinski definition) is 0. The van der Waals surface area contributed by atoms with E-state index in [0.29, 0.717) is 35.0 Å². The molecule has 0 unspecified atom stereocenters. The van der Waals surface area contributed by atoms with Crippen molar-refractivity contribution in [3.05, 3.63) is 91.6 Å². The zero-order valence-electron chi connectivity index (χ0n) is 20.3. The van der Waals surface area contributed by atoms with Crippen molar-refractivity contribution in [1.29, 1.82) is 5.26 Å². The molecule has 1 aliphatic rings. The van der Waals surface area contributed by atoms with Gasteiger partial charge in [0.2, 0.25) is 0 Å². The molecule has 10 heteroatoms. The van der Waals surface area contributed by atoms with E-state index in [2.05, 4.69) is 28.7 Å². The Morgan fingerprint density at radius 2 is 1.84 bits per heavy atom. The summed E-state index contributed by atoms with van der Waals surface area (Å²) in [4.78, 5) is 26.8. The zero-order valence-corrected chi connectivity index (χ0v) is 23.3. The summed E-state index contributed by atoms with van der Waals surface area (Å²) < 4.78 is 31.2. The summed E-state index contributed by atoms with van der Waals surface area (Å²) in [6.07, 6.45) is 1.64. The molecule has 7 nitrogen and oxygen atoms in total. The third-order valence-electron chi connectivity index (χ3n) is 5.41. The number of imide groups is 1.